The van der Waals surface area contributed by atoms with Gasteiger partial charge in [0.05, 0.1) is 10.6 Å². The number of nitrogens with one attached hydrogen (secondary N) is 1. The molecule has 2 aromatic carbocycles. The molecule has 0 saturated heterocycles. The summed E-state index contributed by atoms with van der Waals surface area (Å²) in [5.41, 5.74) is -0.235. The molecular formula is C17H15FN2O5. The van der Waals surface area contributed by atoms with Gasteiger partial charge in [-0.15, -0.1) is 0 Å². The van der Waals surface area contributed by atoms with Crippen molar-refractivity contribution in [2.24, 2.45) is 0 Å². The lowest BCUT2D eigenvalue weighted by Crippen LogP contribution is -2.30. The molecule has 2 aromatic rings. The molecule has 8 heteroatoms. The maximum atomic E-state index is 13.7. The van der Waals surface area contributed by atoms with Gasteiger partial charge in [-0.1, -0.05) is 12.1 Å². The van der Waals surface area contributed by atoms with E-state index >= 15 is 0 Å². The van der Waals surface area contributed by atoms with E-state index in [1.165, 1.54) is 19.9 Å². The van der Waals surface area contributed by atoms with E-state index in [-0.39, 0.29) is 17.2 Å². The molecule has 0 radical (unpaired) electrons. The predicted molar refractivity (Wildman–Crippen MR) is 88.2 cm³/mol. The molecule has 0 bridgehead atoms. The predicted octanol–water partition coefficient (Wildman–Crippen LogP) is 3.34. The number of halogens is 1. The van der Waals surface area contributed by atoms with Crippen molar-refractivity contribution in [3.05, 3.63) is 64.0 Å². The van der Waals surface area contributed by atoms with Crippen LogP contribution in [0.25, 0.3) is 0 Å². The fourth-order valence-electron chi connectivity index (χ4n) is 2.00. The van der Waals surface area contributed by atoms with Gasteiger partial charge in [-0.3, -0.25) is 19.7 Å². The molecule has 0 spiro atoms. The number of benzene rings is 2. The van der Waals surface area contributed by atoms with E-state index in [4.69, 9.17) is 4.74 Å². The van der Waals surface area contributed by atoms with Crippen LogP contribution in [0.4, 0.5) is 15.8 Å². The first kappa shape index (κ1) is 18.1. The minimum atomic E-state index is -1.01. The quantitative estimate of drug-likeness (QED) is 0.491. The van der Waals surface area contributed by atoms with Crippen LogP contribution in [0.5, 0.6) is 5.75 Å². The Balaban J connectivity index is 2.10. The van der Waals surface area contributed by atoms with Crippen LogP contribution < -0.4 is 10.1 Å². The normalized spacial score (nSPS) is 11.5. The van der Waals surface area contributed by atoms with Crippen molar-refractivity contribution in [2.75, 3.05) is 5.32 Å². The summed E-state index contributed by atoms with van der Waals surface area (Å²) < 4.78 is 19.1. The molecule has 0 aliphatic heterocycles. The smallest absolute Gasteiger partial charge is 0.271 e. The molecule has 0 fully saturated rings. The van der Waals surface area contributed by atoms with Gasteiger partial charge in [0.1, 0.15) is 11.6 Å². The average Bonchev–Trinajstić information content (AvgIpc) is 2.56. The minimum absolute atomic E-state index is 0.152. The first-order chi connectivity index (χ1) is 11.8. The molecule has 2 rings (SSSR count). The highest BCUT2D eigenvalue weighted by Gasteiger charge is 2.19. The summed E-state index contributed by atoms with van der Waals surface area (Å²) in [5, 5.41) is 13.0. The number of carbonyl (C=O) groups is 2. The maximum absolute atomic E-state index is 13.7. The van der Waals surface area contributed by atoms with Crippen molar-refractivity contribution < 1.29 is 23.6 Å². The number of nitro groups is 1. The number of ketones is 1. The van der Waals surface area contributed by atoms with Gasteiger partial charge in [0, 0.05) is 17.7 Å². The van der Waals surface area contributed by atoms with Gasteiger partial charge in [-0.05, 0) is 32.0 Å². The lowest BCUT2D eigenvalue weighted by atomic mass is 10.1. The molecule has 0 heterocycles. The molecule has 7 nitrogen and oxygen atoms in total. The number of nitro benzene ring substituents is 1. The molecule has 1 atom stereocenters. The molecule has 0 aliphatic rings. The van der Waals surface area contributed by atoms with Gasteiger partial charge in [0.15, 0.2) is 11.9 Å². The van der Waals surface area contributed by atoms with Crippen LogP contribution in [0.3, 0.4) is 0 Å². The molecule has 0 aromatic heterocycles. The van der Waals surface area contributed by atoms with Gasteiger partial charge in [0.2, 0.25) is 0 Å². The van der Waals surface area contributed by atoms with E-state index in [0.29, 0.717) is 11.3 Å². The standard InChI is InChI=1S/C17H15FN2O5/c1-10(21)12-4-3-5-14(8-12)25-11(2)17(22)19-16-9-13(20(23)24)6-7-15(16)18/h3-9,11H,1-2H3,(H,19,22). The molecule has 130 valence electrons. The fraction of sp³-hybridized carbons (Fsp3) is 0.176. The van der Waals surface area contributed by atoms with Crippen LogP contribution in [0.2, 0.25) is 0 Å². The Kier molecular flexibility index (Phi) is 5.43. The summed E-state index contributed by atoms with van der Waals surface area (Å²) in [6.07, 6.45) is -1.01. The van der Waals surface area contributed by atoms with Crippen molar-refractivity contribution in [1.29, 1.82) is 0 Å². The van der Waals surface area contributed by atoms with Gasteiger partial charge in [-0.2, -0.15) is 0 Å². The topological polar surface area (TPSA) is 98.5 Å². The number of carbonyl (C=O) groups excluding carboxylic acids is 2. The summed E-state index contributed by atoms with van der Waals surface area (Å²) in [5.74, 6) is -1.34. The lowest BCUT2D eigenvalue weighted by molar-refractivity contribution is -0.384. The SMILES string of the molecule is CC(=O)c1cccc(OC(C)C(=O)Nc2cc([N+](=O)[O-])ccc2F)c1. The van der Waals surface area contributed by atoms with Gasteiger partial charge in [-0.25, -0.2) is 4.39 Å². The van der Waals surface area contributed by atoms with Crippen LogP contribution in [0.1, 0.15) is 24.2 Å². The number of amides is 1. The van der Waals surface area contributed by atoms with Crippen LogP contribution in [-0.2, 0) is 4.79 Å². The average molecular weight is 346 g/mol. The highest BCUT2D eigenvalue weighted by molar-refractivity contribution is 5.95. The third kappa shape index (κ3) is 4.60. The maximum Gasteiger partial charge on any atom is 0.271 e. The Morgan fingerprint density at radius 3 is 2.60 bits per heavy atom. The van der Waals surface area contributed by atoms with Crippen molar-refractivity contribution >= 4 is 23.1 Å². The molecule has 1 N–H and O–H groups in total. The highest BCUT2D eigenvalue weighted by atomic mass is 19.1. The van der Waals surface area contributed by atoms with Crippen LogP contribution >= 0.6 is 0 Å². The summed E-state index contributed by atoms with van der Waals surface area (Å²) in [6.45, 7) is 2.84. The van der Waals surface area contributed by atoms with Crippen LogP contribution in [0.15, 0.2) is 42.5 Å². The number of anilines is 1. The van der Waals surface area contributed by atoms with Crippen molar-refractivity contribution in [3.8, 4) is 5.75 Å². The van der Waals surface area contributed by atoms with E-state index in [1.807, 2.05) is 0 Å². The monoisotopic (exact) mass is 346 g/mol. The number of ether oxygens (including phenoxy) is 1. The van der Waals surface area contributed by atoms with Crippen molar-refractivity contribution in [1.82, 2.24) is 0 Å². The highest BCUT2D eigenvalue weighted by Crippen LogP contribution is 2.22. The Bertz CT molecular complexity index is 838. The third-order valence-electron chi connectivity index (χ3n) is 3.34. The van der Waals surface area contributed by atoms with Crippen molar-refractivity contribution in [3.63, 3.8) is 0 Å². The zero-order valence-corrected chi connectivity index (χ0v) is 13.5. The summed E-state index contributed by atoms with van der Waals surface area (Å²) in [6, 6.07) is 9.10. The Morgan fingerprint density at radius 2 is 1.96 bits per heavy atom. The summed E-state index contributed by atoms with van der Waals surface area (Å²) in [4.78, 5) is 33.5. The fourth-order valence-corrected chi connectivity index (χ4v) is 2.00. The largest absolute Gasteiger partial charge is 0.481 e. The van der Waals surface area contributed by atoms with Gasteiger partial charge >= 0.3 is 0 Å². The second-order valence-corrected chi connectivity index (χ2v) is 5.25. The van der Waals surface area contributed by atoms with E-state index in [1.54, 1.807) is 18.2 Å². The molecule has 1 unspecified atom stereocenters. The van der Waals surface area contributed by atoms with E-state index in [0.717, 1.165) is 18.2 Å². The molecule has 25 heavy (non-hydrogen) atoms. The Morgan fingerprint density at radius 1 is 1.24 bits per heavy atom. The second-order valence-electron chi connectivity index (χ2n) is 5.25. The minimum Gasteiger partial charge on any atom is -0.481 e. The van der Waals surface area contributed by atoms with Crippen LogP contribution in [0, 0.1) is 15.9 Å². The number of hydrogen-bond acceptors (Lipinski definition) is 5. The zero-order chi connectivity index (χ0) is 18.6. The summed E-state index contributed by atoms with van der Waals surface area (Å²) in [7, 11) is 0. The molecule has 0 saturated carbocycles. The third-order valence-corrected chi connectivity index (χ3v) is 3.34. The van der Waals surface area contributed by atoms with E-state index < -0.39 is 22.8 Å². The molecule has 1 amide bonds. The number of rotatable bonds is 6. The Labute approximate surface area is 142 Å². The lowest BCUT2D eigenvalue weighted by Gasteiger charge is -2.15. The van der Waals surface area contributed by atoms with Crippen molar-refractivity contribution in [2.45, 2.75) is 20.0 Å². The first-order valence-electron chi connectivity index (χ1n) is 7.30. The number of nitrogens with zero attached hydrogens (tertiary/aromatic N) is 1. The second kappa shape index (κ2) is 7.52. The zero-order valence-electron chi connectivity index (χ0n) is 13.5. The van der Waals surface area contributed by atoms with E-state index in [2.05, 4.69) is 5.32 Å². The molecule has 0 aliphatic carbocycles. The van der Waals surface area contributed by atoms with Gasteiger partial charge in [0.25, 0.3) is 11.6 Å². The number of hydrogen-bond donors (Lipinski definition) is 1. The number of non-ortho nitro benzene ring substituents is 1. The van der Waals surface area contributed by atoms with Crippen LogP contribution in [-0.4, -0.2) is 22.7 Å². The Hall–Kier alpha value is -3.29. The van der Waals surface area contributed by atoms with E-state index in [9.17, 15) is 24.1 Å². The molecular weight excluding hydrogens is 331 g/mol. The summed E-state index contributed by atoms with van der Waals surface area (Å²) >= 11 is 0. The first-order valence-corrected chi connectivity index (χ1v) is 7.30. The van der Waals surface area contributed by atoms with Gasteiger partial charge < -0.3 is 10.1 Å². The number of Topliss-reactive ketones (excluding diaryl/α,β-unsaturated/α-hetero) is 1.